The molecule has 0 aromatic heterocycles. The summed E-state index contributed by atoms with van der Waals surface area (Å²) in [6.07, 6.45) is 4.21. The Balaban J connectivity index is 1.62. The van der Waals surface area contributed by atoms with Crippen molar-refractivity contribution in [3.8, 4) is 0 Å². The second-order valence-corrected chi connectivity index (χ2v) is 8.50. The maximum absolute atomic E-state index is 14.1. The molecule has 102 valence electrons. The fourth-order valence-electron chi connectivity index (χ4n) is 4.74. The fraction of sp³-hybridized carbons (Fsp3) is 0.600. The number of benzene rings is 1. The van der Waals surface area contributed by atoms with Crippen LogP contribution in [-0.2, 0) is 0 Å². The average molecular weight is 409 g/mol. The van der Waals surface area contributed by atoms with Gasteiger partial charge in [-0.25, -0.2) is 4.39 Å². The highest BCUT2D eigenvalue weighted by atomic mass is 79.9. The summed E-state index contributed by atoms with van der Waals surface area (Å²) in [6.45, 7) is 0. The lowest BCUT2D eigenvalue weighted by Crippen LogP contribution is -2.05. The molecule has 0 N–H and O–H groups in total. The van der Waals surface area contributed by atoms with Crippen molar-refractivity contribution < 1.29 is 4.39 Å². The quantitative estimate of drug-likeness (QED) is 0.418. The van der Waals surface area contributed by atoms with E-state index in [9.17, 15) is 4.39 Å². The van der Waals surface area contributed by atoms with Gasteiger partial charge in [0.1, 0.15) is 5.82 Å². The molecular weight excluding hydrogens is 394 g/mol. The zero-order chi connectivity index (χ0) is 13.3. The van der Waals surface area contributed by atoms with Gasteiger partial charge in [0.15, 0.2) is 0 Å². The van der Waals surface area contributed by atoms with Gasteiger partial charge in [-0.15, -0.1) is 0 Å². The lowest BCUT2D eigenvalue weighted by molar-refractivity contribution is 0.454. The van der Waals surface area contributed by atoms with Gasteiger partial charge in [0.25, 0.3) is 0 Å². The molecule has 0 amide bonds. The van der Waals surface area contributed by atoms with Crippen molar-refractivity contribution in [1.29, 1.82) is 0 Å². The van der Waals surface area contributed by atoms with Gasteiger partial charge in [0, 0.05) is 14.9 Å². The van der Waals surface area contributed by atoms with Crippen molar-refractivity contribution in [2.45, 2.75) is 24.1 Å². The van der Waals surface area contributed by atoms with Crippen LogP contribution in [0.1, 0.15) is 29.7 Å². The third kappa shape index (κ3) is 1.87. The first-order valence-electron chi connectivity index (χ1n) is 6.86. The molecule has 4 heteroatoms. The van der Waals surface area contributed by atoms with Gasteiger partial charge in [-0.2, -0.15) is 0 Å². The van der Waals surface area contributed by atoms with Crippen molar-refractivity contribution in [1.82, 2.24) is 0 Å². The topological polar surface area (TPSA) is 0 Å². The summed E-state index contributed by atoms with van der Waals surface area (Å²) in [4.78, 5) is 0.122. The largest absolute Gasteiger partial charge is 0.207 e. The van der Waals surface area contributed by atoms with E-state index < -0.39 is 0 Å². The summed E-state index contributed by atoms with van der Waals surface area (Å²) < 4.78 is 14.8. The monoisotopic (exact) mass is 406 g/mol. The summed E-state index contributed by atoms with van der Waals surface area (Å²) in [5.74, 6) is 3.96. The highest BCUT2D eigenvalue weighted by molar-refractivity contribution is 9.10. The predicted octanol–water partition coefficient (Wildman–Crippen LogP) is 5.97. The second-order valence-electron chi connectivity index (χ2n) is 6.25. The number of halogens is 4. The van der Waals surface area contributed by atoms with Crippen molar-refractivity contribution in [2.75, 3.05) is 0 Å². The van der Waals surface area contributed by atoms with Crippen LogP contribution in [0.5, 0.6) is 0 Å². The van der Waals surface area contributed by atoms with Crippen LogP contribution in [0.25, 0.3) is 0 Å². The Labute approximate surface area is 134 Å². The first kappa shape index (κ1) is 13.1. The summed E-state index contributed by atoms with van der Waals surface area (Å²) >= 11 is 13.1. The first-order valence-corrected chi connectivity index (χ1v) is 8.95. The third-order valence-corrected chi connectivity index (χ3v) is 7.77. The molecule has 3 aliphatic carbocycles. The normalized spacial score (nSPS) is 40.3. The van der Waals surface area contributed by atoms with Crippen LogP contribution in [0.15, 0.2) is 16.6 Å². The van der Waals surface area contributed by atoms with E-state index in [-0.39, 0.29) is 10.6 Å². The minimum Gasteiger partial charge on any atom is -0.207 e. The van der Waals surface area contributed by atoms with Crippen LogP contribution in [0, 0.1) is 35.4 Å². The molecule has 1 aromatic rings. The minimum absolute atomic E-state index is 0.122. The van der Waals surface area contributed by atoms with E-state index in [2.05, 4.69) is 31.9 Å². The van der Waals surface area contributed by atoms with E-state index in [1.54, 1.807) is 6.07 Å². The molecule has 0 aliphatic heterocycles. The van der Waals surface area contributed by atoms with Crippen LogP contribution in [0.2, 0.25) is 5.02 Å². The number of hydrogen-bond donors (Lipinski definition) is 0. The lowest BCUT2D eigenvalue weighted by atomic mass is 9.97. The van der Waals surface area contributed by atoms with Crippen LogP contribution >= 0.6 is 43.5 Å². The fourth-order valence-corrected chi connectivity index (χ4v) is 6.28. The molecule has 5 unspecified atom stereocenters. The van der Waals surface area contributed by atoms with Gasteiger partial charge in [0.05, 0.1) is 5.02 Å². The summed E-state index contributed by atoms with van der Waals surface area (Å²) in [7, 11) is 0. The molecule has 0 saturated heterocycles. The molecule has 0 spiro atoms. The second kappa shape index (κ2) is 4.45. The SMILES string of the molecule is Fc1cc(Br)c(Cl)cc1C(Br)C1C2C3CCC(C3)C21. The highest BCUT2D eigenvalue weighted by Crippen LogP contribution is 2.73. The molecule has 0 heterocycles. The molecule has 3 fully saturated rings. The van der Waals surface area contributed by atoms with Crippen LogP contribution < -0.4 is 0 Å². The van der Waals surface area contributed by atoms with Crippen LogP contribution in [-0.4, -0.2) is 0 Å². The zero-order valence-electron chi connectivity index (χ0n) is 10.3. The number of hydrogen-bond acceptors (Lipinski definition) is 0. The van der Waals surface area contributed by atoms with Crippen LogP contribution in [0.3, 0.4) is 0 Å². The average Bonchev–Trinajstić information content (AvgIpc) is 2.81. The Kier molecular flexibility index (Phi) is 3.06. The van der Waals surface area contributed by atoms with Crippen molar-refractivity contribution in [3.63, 3.8) is 0 Å². The van der Waals surface area contributed by atoms with E-state index in [0.29, 0.717) is 15.4 Å². The maximum atomic E-state index is 14.1. The number of fused-ring (bicyclic) bond motifs is 5. The summed E-state index contributed by atoms with van der Waals surface area (Å²) in [5, 5.41) is 0.592. The Morgan fingerprint density at radius 3 is 2.47 bits per heavy atom. The lowest BCUT2D eigenvalue weighted by Gasteiger charge is -2.16. The Hall–Kier alpha value is 0.400. The van der Waals surface area contributed by atoms with E-state index in [1.807, 2.05) is 0 Å². The third-order valence-electron chi connectivity index (χ3n) is 5.47. The van der Waals surface area contributed by atoms with Gasteiger partial charge >= 0.3 is 0 Å². The number of alkyl halides is 1. The standard InChI is InChI=1S/C15H14Br2ClF/c16-9-5-11(19)8(4-10(9)18)15(17)14-12-6-1-2-7(3-6)13(12)14/h4-7,12-15H,1-3H2. The van der Waals surface area contributed by atoms with Gasteiger partial charge in [0.2, 0.25) is 0 Å². The molecule has 1 aromatic carbocycles. The van der Waals surface area contributed by atoms with E-state index in [4.69, 9.17) is 11.6 Å². The van der Waals surface area contributed by atoms with Crippen molar-refractivity contribution in [3.05, 3.63) is 33.0 Å². The van der Waals surface area contributed by atoms with Crippen molar-refractivity contribution in [2.24, 2.45) is 29.6 Å². The Bertz CT molecular complexity index is 531. The van der Waals surface area contributed by atoms with E-state index in [1.165, 1.54) is 25.3 Å². The van der Waals surface area contributed by atoms with Gasteiger partial charge in [-0.3, -0.25) is 0 Å². The maximum Gasteiger partial charge on any atom is 0.128 e. The van der Waals surface area contributed by atoms with Crippen molar-refractivity contribution >= 4 is 43.5 Å². The summed E-state index contributed by atoms with van der Waals surface area (Å²) in [6, 6.07) is 3.26. The molecule has 5 atom stereocenters. The molecule has 19 heavy (non-hydrogen) atoms. The van der Waals surface area contributed by atoms with Gasteiger partial charge in [-0.05, 0) is 76.9 Å². The molecule has 4 rings (SSSR count). The zero-order valence-corrected chi connectivity index (χ0v) is 14.2. The number of rotatable bonds is 2. The van der Waals surface area contributed by atoms with E-state index in [0.717, 1.165) is 29.2 Å². The van der Waals surface area contributed by atoms with Gasteiger partial charge < -0.3 is 0 Å². The first-order chi connectivity index (χ1) is 9.08. The minimum atomic E-state index is -0.157. The molecule has 0 radical (unpaired) electrons. The highest BCUT2D eigenvalue weighted by Gasteiger charge is 2.66. The molecule has 3 aliphatic rings. The summed E-state index contributed by atoms with van der Waals surface area (Å²) in [5.41, 5.74) is 0.729. The molecular formula is C15H14Br2ClF. The smallest absolute Gasteiger partial charge is 0.128 e. The molecule has 0 nitrogen and oxygen atoms in total. The van der Waals surface area contributed by atoms with E-state index >= 15 is 0 Å². The van der Waals surface area contributed by atoms with Gasteiger partial charge in [-0.1, -0.05) is 27.5 Å². The Morgan fingerprint density at radius 2 is 1.84 bits per heavy atom. The predicted molar refractivity (Wildman–Crippen MR) is 82.1 cm³/mol. The molecule has 2 bridgehead atoms. The Morgan fingerprint density at radius 1 is 1.21 bits per heavy atom. The molecule has 3 saturated carbocycles. The van der Waals surface area contributed by atoms with Crippen LogP contribution in [0.4, 0.5) is 4.39 Å².